The Hall–Kier alpha value is -3.61. The number of aryl methyl sites for hydroxylation is 1. The molecule has 0 bridgehead atoms. The molecule has 188 valence electrons. The van der Waals surface area contributed by atoms with Crippen LogP contribution in [0, 0.1) is 0 Å². The van der Waals surface area contributed by atoms with E-state index in [0.29, 0.717) is 31.1 Å². The lowest BCUT2D eigenvalue weighted by atomic mass is 10.0. The van der Waals surface area contributed by atoms with Gasteiger partial charge in [-0.3, -0.25) is 4.90 Å². The third-order valence-corrected chi connectivity index (χ3v) is 6.24. The normalized spacial score (nSPS) is 12.2. The Kier molecular flexibility index (Phi) is 8.41. The van der Waals surface area contributed by atoms with Gasteiger partial charge in [0.15, 0.2) is 0 Å². The molecule has 1 unspecified atom stereocenters. The fourth-order valence-corrected chi connectivity index (χ4v) is 4.31. The minimum absolute atomic E-state index is 0.212. The first kappa shape index (κ1) is 25.5. The van der Waals surface area contributed by atoms with Crippen molar-refractivity contribution < 1.29 is 14.6 Å². The molecule has 3 aromatic carbocycles. The zero-order valence-electron chi connectivity index (χ0n) is 21.5. The van der Waals surface area contributed by atoms with Gasteiger partial charge in [0.2, 0.25) is 5.88 Å². The highest BCUT2D eigenvalue weighted by atomic mass is 16.5. The van der Waals surface area contributed by atoms with Gasteiger partial charge in [-0.15, -0.1) is 0 Å². The molecule has 0 aliphatic carbocycles. The van der Waals surface area contributed by atoms with E-state index in [0.717, 1.165) is 28.1 Å². The first-order chi connectivity index (χ1) is 17.4. The Morgan fingerprint density at radius 1 is 0.917 bits per heavy atom. The first-order valence-corrected chi connectivity index (χ1v) is 12.3. The lowest BCUT2D eigenvalue weighted by Crippen LogP contribution is -2.38. The van der Waals surface area contributed by atoms with Crippen LogP contribution in [-0.2, 0) is 20.0 Å². The molecule has 1 N–H and O–H groups in total. The molecule has 0 spiro atoms. The minimum atomic E-state index is -0.491. The van der Waals surface area contributed by atoms with Crippen LogP contribution in [0.1, 0.15) is 25.0 Å². The highest BCUT2D eigenvalue weighted by Gasteiger charge is 2.24. The van der Waals surface area contributed by atoms with E-state index in [4.69, 9.17) is 14.6 Å². The summed E-state index contributed by atoms with van der Waals surface area (Å²) in [5.74, 6) is 2.08. The van der Waals surface area contributed by atoms with E-state index < -0.39 is 6.10 Å². The molecule has 0 amide bonds. The van der Waals surface area contributed by atoms with E-state index in [1.165, 1.54) is 0 Å². The zero-order valence-corrected chi connectivity index (χ0v) is 21.5. The zero-order chi connectivity index (χ0) is 25.5. The Morgan fingerprint density at radius 2 is 1.58 bits per heavy atom. The van der Waals surface area contributed by atoms with E-state index in [9.17, 15) is 5.11 Å². The van der Waals surface area contributed by atoms with Gasteiger partial charge in [-0.25, -0.2) is 4.68 Å². The van der Waals surface area contributed by atoms with Crippen molar-refractivity contribution in [2.45, 2.75) is 39.0 Å². The molecule has 0 fully saturated rings. The van der Waals surface area contributed by atoms with E-state index in [2.05, 4.69) is 43.0 Å². The summed E-state index contributed by atoms with van der Waals surface area (Å²) in [6.07, 6.45) is 0.116. The fourth-order valence-electron chi connectivity index (χ4n) is 4.31. The van der Waals surface area contributed by atoms with Gasteiger partial charge in [-0.1, -0.05) is 66.7 Å². The number of hydrogen-bond acceptors (Lipinski definition) is 5. The molecule has 1 aromatic heterocycles. The summed E-state index contributed by atoms with van der Waals surface area (Å²) in [6, 6.07) is 28.0. The van der Waals surface area contributed by atoms with Crippen LogP contribution in [0.15, 0.2) is 84.9 Å². The molecule has 1 atom stereocenters. The van der Waals surface area contributed by atoms with E-state index in [1.54, 1.807) is 11.8 Å². The smallest absolute Gasteiger partial charge is 0.222 e. The SMILES string of the molecule is COc1cccc(Oc2c(CN(CC(O)Cc3ccccc3)C(C)C)c(-c3ccccc3)nn2C)c1. The van der Waals surface area contributed by atoms with Crippen molar-refractivity contribution in [3.05, 3.63) is 96.1 Å². The summed E-state index contributed by atoms with van der Waals surface area (Å²) in [5, 5.41) is 15.8. The third kappa shape index (κ3) is 6.33. The number of benzene rings is 3. The van der Waals surface area contributed by atoms with Crippen molar-refractivity contribution in [1.29, 1.82) is 0 Å². The summed E-state index contributed by atoms with van der Waals surface area (Å²) in [5.41, 5.74) is 4.01. The maximum atomic E-state index is 10.9. The Balaban J connectivity index is 1.66. The van der Waals surface area contributed by atoms with Crippen LogP contribution in [0.25, 0.3) is 11.3 Å². The standard InChI is InChI=1S/C30H35N3O3/c1-22(2)33(20-25(34)18-23-12-7-5-8-13-23)21-28-29(24-14-9-6-10-15-24)31-32(3)30(28)36-27-17-11-16-26(19-27)35-4/h5-17,19,22,25,34H,18,20-21H2,1-4H3. The summed E-state index contributed by atoms with van der Waals surface area (Å²) in [4.78, 5) is 2.27. The van der Waals surface area contributed by atoms with Gasteiger partial charge in [0, 0.05) is 37.8 Å². The van der Waals surface area contributed by atoms with Gasteiger partial charge in [0.05, 0.1) is 18.8 Å². The van der Waals surface area contributed by atoms with Crippen LogP contribution < -0.4 is 9.47 Å². The van der Waals surface area contributed by atoms with Crippen LogP contribution in [0.4, 0.5) is 0 Å². The lowest BCUT2D eigenvalue weighted by Gasteiger charge is -2.29. The Labute approximate surface area is 213 Å². The molecule has 0 radical (unpaired) electrons. The van der Waals surface area contributed by atoms with Crippen molar-refractivity contribution in [3.8, 4) is 28.6 Å². The van der Waals surface area contributed by atoms with Gasteiger partial charge in [0.25, 0.3) is 0 Å². The van der Waals surface area contributed by atoms with Gasteiger partial charge < -0.3 is 14.6 Å². The maximum Gasteiger partial charge on any atom is 0.222 e. The fraction of sp³-hybridized carbons (Fsp3) is 0.300. The Bertz CT molecular complexity index is 1240. The molecule has 6 nitrogen and oxygen atoms in total. The van der Waals surface area contributed by atoms with E-state index in [-0.39, 0.29) is 6.04 Å². The third-order valence-electron chi connectivity index (χ3n) is 6.24. The highest BCUT2D eigenvalue weighted by Crippen LogP contribution is 2.35. The van der Waals surface area contributed by atoms with Crippen LogP contribution in [-0.4, -0.2) is 45.6 Å². The van der Waals surface area contributed by atoms with Crippen LogP contribution in [0.3, 0.4) is 0 Å². The van der Waals surface area contributed by atoms with Crippen molar-refractivity contribution in [2.75, 3.05) is 13.7 Å². The molecule has 36 heavy (non-hydrogen) atoms. The first-order valence-electron chi connectivity index (χ1n) is 12.3. The number of rotatable bonds is 11. The van der Waals surface area contributed by atoms with Gasteiger partial charge in [-0.05, 0) is 38.0 Å². The maximum absolute atomic E-state index is 10.9. The van der Waals surface area contributed by atoms with Crippen molar-refractivity contribution >= 4 is 0 Å². The largest absolute Gasteiger partial charge is 0.497 e. The molecule has 4 rings (SSSR count). The number of aliphatic hydroxyl groups excluding tert-OH is 1. The topological polar surface area (TPSA) is 59.8 Å². The molecule has 0 aliphatic rings. The van der Waals surface area contributed by atoms with Crippen molar-refractivity contribution in [3.63, 3.8) is 0 Å². The average Bonchev–Trinajstić information content (AvgIpc) is 3.19. The number of aromatic nitrogens is 2. The van der Waals surface area contributed by atoms with Crippen molar-refractivity contribution in [1.82, 2.24) is 14.7 Å². The number of ether oxygens (including phenoxy) is 2. The van der Waals surface area contributed by atoms with Gasteiger partial charge in [0.1, 0.15) is 17.2 Å². The molecule has 0 aliphatic heterocycles. The molecular weight excluding hydrogens is 450 g/mol. The average molecular weight is 486 g/mol. The molecule has 1 heterocycles. The van der Waals surface area contributed by atoms with E-state index in [1.807, 2.05) is 67.7 Å². The van der Waals surface area contributed by atoms with E-state index >= 15 is 0 Å². The van der Waals surface area contributed by atoms with Crippen LogP contribution in [0.5, 0.6) is 17.4 Å². The number of aliphatic hydroxyl groups is 1. The monoisotopic (exact) mass is 485 g/mol. The predicted molar refractivity (Wildman–Crippen MR) is 143 cm³/mol. The van der Waals surface area contributed by atoms with Crippen molar-refractivity contribution in [2.24, 2.45) is 7.05 Å². The quantitative estimate of drug-likeness (QED) is 0.295. The summed E-state index contributed by atoms with van der Waals surface area (Å²) in [6.45, 7) is 5.42. The molecule has 0 saturated carbocycles. The van der Waals surface area contributed by atoms with Gasteiger partial charge >= 0.3 is 0 Å². The Morgan fingerprint density at radius 3 is 2.25 bits per heavy atom. The molecule has 6 heteroatoms. The summed E-state index contributed by atoms with van der Waals surface area (Å²) < 4.78 is 13.6. The second kappa shape index (κ2) is 11.9. The van der Waals surface area contributed by atoms with Crippen LogP contribution >= 0.6 is 0 Å². The molecule has 4 aromatic rings. The number of nitrogens with zero attached hydrogens (tertiary/aromatic N) is 3. The molecular formula is C30H35N3O3. The minimum Gasteiger partial charge on any atom is -0.497 e. The second-order valence-corrected chi connectivity index (χ2v) is 9.27. The second-order valence-electron chi connectivity index (χ2n) is 9.27. The predicted octanol–water partition coefficient (Wildman–Crippen LogP) is 5.70. The summed E-state index contributed by atoms with van der Waals surface area (Å²) >= 11 is 0. The highest BCUT2D eigenvalue weighted by molar-refractivity contribution is 5.65. The number of hydrogen-bond donors (Lipinski definition) is 1. The lowest BCUT2D eigenvalue weighted by molar-refractivity contribution is 0.0904. The molecule has 0 saturated heterocycles. The van der Waals surface area contributed by atoms with Gasteiger partial charge in [-0.2, -0.15) is 5.10 Å². The van der Waals surface area contributed by atoms with Crippen LogP contribution in [0.2, 0.25) is 0 Å². The summed E-state index contributed by atoms with van der Waals surface area (Å²) in [7, 11) is 3.54. The number of methoxy groups -OCH3 is 1.